The summed E-state index contributed by atoms with van der Waals surface area (Å²) in [4.78, 5) is 0. The lowest BCUT2D eigenvalue weighted by atomic mass is 9.93. The standard InChI is InChI=1S/C15H25N/c1-6-8-9-15(12(3)7-2)13(4)10-11-14(5)16/h8-12,16H,6-7H2,1-5H3/b9-8-,11-10-,15-13-,16-14?. The maximum atomic E-state index is 7.39. The fourth-order valence-corrected chi connectivity index (χ4v) is 1.50. The van der Waals surface area contributed by atoms with Crippen molar-refractivity contribution in [1.29, 1.82) is 5.41 Å². The van der Waals surface area contributed by atoms with Gasteiger partial charge < -0.3 is 5.41 Å². The molecule has 0 saturated heterocycles. The summed E-state index contributed by atoms with van der Waals surface area (Å²) in [5.74, 6) is 0.582. The van der Waals surface area contributed by atoms with Crippen molar-refractivity contribution in [2.24, 2.45) is 5.92 Å². The highest BCUT2D eigenvalue weighted by Gasteiger charge is 2.05. The molecule has 90 valence electrons. The summed E-state index contributed by atoms with van der Waals surface area (Å²) >= 11 is 0. The lowest BCUT2D eigenvalue weighted by Crippen LogP contribution is -1.98. The molecule has 0 aliphatic heterocycles. The van der Waals surface area contributed by atoms with E-state index in [1.165, 1.54) is 11.1 Å². The van der Waals surface area contributed by atoms with Crippen LogP contribution in [0.15, 0.2) is 35.5 Å². The van der Waals surface area contributed by atoms with Gasteiger partial charge in [0.1, 0.15) is 0 Å². The summed E-state index contributed by atoms with van der Waals surface area (Å²) in [5.41, 5.74) is 3.26. The van der Waals surface area contributed by atoms with Crippen LogP contribution >= 0.6 is 0 Å². The second-order valence-electron chi connectivity index (χ2n) is 4.27. The van der Waals surface area contributed by atoms with Crippen LogP contribution in [0.2, 0.25) is 0 Å². The van der Waals surface area contributed by atoms with E-state index in [0.717, 1.165) is 12.8 Å². The van der Waals surface area contributed by atoms with Crippen molar-refractivity contribution in [2.45, 2.75) is 47.5 Å². The summed E-state index contributed by atoms with van der Waals surface area (Å²) in [6.45, 7) is 10.5. The van der Waals surface area contributed by atoms with Crippen molar-refractivity contribution >= 4 is 5.71 Å². The van der Waals surface area contributed by atoms with Gasteiger partial charge in [0.05, 0.1) is 0 Å². The molecule has 0 aromatic heterocycles. The second-order valence-corrected chi connectivity index (χ2v) is 4.27. The molecule has 1 N–H and O–H groups in total. The molecule has 0 fully saturated rings. The first-order chi connectivity index (χ1) is 7.52. The Morgan fingerprint density at radius 1 is 1.12 bits per heavy atom. The number of hydrogen-bond acceptors (Lipinski definition) is 1. The lowest BCUT2D eigenvalue weighted by Gasteiger charge is -2.12. The Morgan fingerprint density at radius 2 is 1.75 bits per heavy atom. The van der Waals surface area contributed by atoms with E-state index in [2.05, 4.69) is 39.8 Å². The smallest absolute Gasteiger partial charge is 0.0283 e. The van der Waals surface area contributed by atoms with Gasteiger partial charge in [-0.05, 0) is 49.8 Å². The van der Waals surface area contributed by atoms with Crippen LogP contribution in [0.25, 0.3) is 0 Å². The van der Waals surface area contributed by atoms with E-state index in [1.54, 1.807) is 6.92 Å². The van der Waals surface area contributed by atoms with E-state index in [1.807, 2.05) is 12.2 Å². The first kappa shape index (κ1) is 14.9. The highest BCUT2D eigenvalue weighted by atomic mass is 14.4. The molecule has 0 heterocycles. The molecule has 0 aliphatic rings. The van der Waals surface area contributed by atoms with Crippen molar-refractivity contribution < 1.29 is 0 Å². The highest BCUT2D eigenvalue weighted by Crippen LogP contribution is 2.20. The van der Waals surface area contributed by atoms with Crippen molar-refractivity contribution in [2.75, 3.05) is 0 Å². The summed E-state index contributed by atoms with van der Waals surface area (Å²) in [7, 11) is 0. The molecule has 0 amide bonds. The van der Waals surface area contributed by atoms with Gasteiger partial charge in [0.15, 0.2) is 0 Å². The topological polar surface area (TPSA) is 23.9 Å². The van der Waals surface area contributed by atoms with Crippen molar-refractivity contribution in [3.05, 3.63) is 35.5 Å². The van der Waals surface area contributed by atoms with Crippen molar-refractivity contribution in [3.63, 3.8) is 0 Å². The van der Waals surface area contributed by atoms with E-state index >= 15 is 0 Å². The van der Waals surface area contributed by atoms with Crippen LogP contribution in [0, 0.1) is 11.3 Å². The quantitative estimate of drug-likeness (QED) is 0.485. The predicted octanol–water partition coefficient (Wildman–Crippen LogP) is 4.91. The molecule has 1 nitrogen and oxygen atoms in total. The Balaban J connectivity index is 5.03. The SMILES string of the molecule is CC\C=C/C(=C(C)/C=C\C(C)=N)C(C)CC. The fraction of sp³-hybridized carbons (Fsp3) is 0.533. The maximum absolute atomic E-state index is 7.39. The first-order valence-corrected chi connectivity index (χ1v) is 6.13. The minimum Gasteiger partial charge on any atom is -0.306 e. The zero-order valence-electron chi connectivity index (χ0n) is 11.3. The third kappa shape index (κ3) is 5.69. The molecule has 0 saturated carbocycles. The molecule has 1 unspecified atom stereocenters. The molecule has 0 aromatic carbocycles. The minimum atomic E-state index is 0.582. The summed E-state index contributed by atoms with van der Waals surface area (Å²) < 4.78 is 0. The van der Waals surface area contributed by atoms with Gasteiger partial charge in [-0.15, -0.1) is 0 Å². The number of nitrogens with one attached hydrogen (secondary N) is 1. The van der Waals surface area contributed by atoms with Gasteiger partial charge >= 0.3 is 0 Å². The third-order valence-electron chi connectivity index (χ3n) is 2.72. The maximum Gasteiger partial charge on any atom is 0.0283 e. The van der Waals surface area contributed by atoms with Gasteiger partial charge in [-0.3, -0.25) is 0 Å². The average molecular weight is 219 g/mol. The minimum absolute atomic E-state index is 0.582. The monoisotopic (exact) mass is 219 g/mol. The van der Waals surface area contributed by atoms with Crippen LogP contribution in [-0.4, -0.2) is 5.71 Å². The summed E-state index contributed by atoms with van der Waals surface area (Å²) in [5, 5.41) is 7.39. The van der Waals surface area contributed by atoms with E-state index < -0.39 is 0 Å². The third-order valence-corrected chi connectivity index (χ3v) is 2.72. The molecule has 0 aromatic rings. The van der Waals surface area contributed by atoms with Crippen LogP contribution in [0.5, 0.6) is 0 Å². The van der Waals surface area contributed by atoms with Crippen LogP contribution in [0.3, 0.4) is 0 Å². The molecule has 0 bridgehead atoms. The molecular formula is C15H25N. The Hall–Kier alpha value is -1.11. The van der Waals surface area contributed by atoms with Gasteiger partial charge in [0.25, 0.3) is 0 Å². The van der Waals surface area contributed by atoms with Crippen LogP contribution in [-0.2, 0) is 0 Å². The second kappa shape index (κ2) is 8.09. The Kier molecular flexibility index (Phi) is 7.53. The molecule has 0 aliphatic carbocycles. The number of allylic oxidation sites excluding steroid dienone is 6. The first-order valence-electron chi connectivity index (χ1n) is 6.13. The van der Waals surface area contributed by atoms with Crippen molar-refractivity contribution in [1.82, 2.24) is 0 Å². The summed E-state index contributed by atoms with van der Waals surface area (Å²) in [6.07, 6.45) is 10.6. The van der Waals surface area contributed by atoms with Gasteiger partial charge in [-0.25, -0.2) is 0 Å². The molecule has 0 spiro atoms. The molecule has 1 atom stereocenters. The normalized spacial score (nSPS) is 15.6. The van der Waals surface area contributed by atoms with E-state index in [-0.39, 0.29) is 0 Å². The Bertz CT molecular complexity index is 305. The molecular weight excluding hydrogens is 194 g/mol. The van der Waals surface area contributed by atoms with Crippen LogP contribution in [0.4, 0.5) is 0 Å². The van der Waals surface area contributed by atoms with Gasteiger partial charge in [0, 0.05) is 5.71 Å². The summed E-state index contributed by atoms with van der Waals surface area (Å²) in [6, 6.07) is 0. The largest absolute Gasteiger partial charge is 0.306 e. The predicted molar refractivity (Wildman–Crippen MR) is 74.1 cm³/mol. The Labute approximate surface area is 100 Å². The van der Waals surface area contributed by atoms with Gasteiger partial charge in [-0.2, -0.15) is 0 Å². The number of hydrogen-bond donors (Lipinski definition) is 1. The zero-order valence-corrected chi connectivity index (χ0v) is 11.3. The zero-order chi connectivity index (χ0) is 12.6. The van der Waals surface area contributed by atoms with E-state index in [9.17, 15) is 0 Å². The van der Waals surface area contributed by atoms with Gasteiger partial charge in [0.2, 0.25) is 0 Å². The van der Waals surface area contributed by atoms with Gasteiger partial charge in [-0.1, -0.05) is 39.0 Å². The van der Waals surface area contributed by atoms with E-state index in [0.29, 0.717) is 11.6 Å². The van der Waals surface area contributed by atoms with Crippen LogP contribution < -0.4 is 0 Å². The number of rotatable bonds is 6. The molecule has 1 heteroatoms. The highest BCUT2D eigenvalue weighted by molar-refractivity contribution is 5.90. The Morgan fingerprint density at radius 3 is 2.19 bits per heavy atom. The molecule has 0 rings (SSSR count). The molecule has 0 radical (unpaired) electrons. The van der Waals surface area contributed by atoms with Crippen LogP contribution in [0.1, 0.15) is 47.5 Å². The van der Waals surface area contributed by atoms with E-state index in [4.69, 9.17) is 5.41 Å². The molecule has 16 heavy (non-hydrogen) atoms. The van der Waals surface area contributed by atoms with Crippen molar-refractivity contribution in [3.8, 4) is 0 Å². The average Bonchev–Trinajstić information content (AvgIpc) is 2.26. The fourth-order valence-electron chi connectivity index (χ4n) is 1.50. The lowest BCUT2D eigenvalue weighted by molar-refractivity contribution is 0.665.